The largest absolute Gasteiger partial charge is 0.368 e. The molecule has 4 nitrogen and oxygen atoms in total. The maximum atomic E-state index is 12.8. The van der Waals surface area contributed by atoms with E-state index in [2.05, 4.69) is 55.6 Å². The Morgan fingerprint density at radius 3 is 2.34 bits per heavy atom. The number of benzene rings is 2. The predicted molar refractivity (Wildman–Crippen MR) is 119 cm³/mol. The molecule has 3 rings (SSSR count). The number of ether oxygens (including phenoxy) is 1. The van der Waals surface area contributed by atoms with Crippen molar-refractivity contribution in [2.24, 2.45) is 5.92 Å². The zero-order chi connectivity index (χ0) is 20.8. The Morgan fingerprint density at radius 1 is 1.10 bits per heavy atom. The van der Waals surface area contributed by atoms with E-state index in [0.29, 0.717) is 5.92 Å². The number of nitrogens with one attached hydrogen (secondary N) is 1. The molecule has 5 heteroatoms. The molecule has 1 aliphatic rings. The summed E-state index contributed by atoms with van der Waals surface area (Å²) in [7, 11) is 0. The molecule has 2 aromatic carbocycles. The standard InChI is InChI=1S/C24H29NO3S/c1-16(2)13-22(24(27)25-23-17(3)28-14-21(23)26)29-15-18-9-11-20(12-10-18)19-7-5-4-6-8-19/h4-12,16-17,22-23H,13-15H2,1-3H3,(H,25,27). The van der Waals surface area contributed by atoms with Crippen molar-refractivity contribution < 1.29 is 14.3 Å². The van der Waals surface area contributed by atoms with Crippen molar-refractivity contribution in [3.63, 3.8) is 0 Å². The normalized spacial score (nSPS) is 20.1. The Hall–Kier alpha value is -2.11. The molecule has 1 amide bonds. The number of ketones is 1. The number of hydrogen-bond acceptors (Lipinski definition) is 4. The van der Waals surface area contributed by atoms with Gasteiger partial charge in [0.2, 0.25) is 5.91 Å². The van der Waals surface area contributed by atoms with Crippen LogP contribution in [0.3, 0.4) is 0 Å². The number of carbonyl (C=O) groups is 2. The summed E-state index contributed by atoms with van der Waals surface area (Å²) < 4.78 is 5.35. The highest BCUT2D eigenvalue weighted by molar-refractivity contribution is 7.99. The van der Waals surface area contributed by atoms with Gasteiger partial charge in [-0.25, -0.2) is 0 Å². The number of amides is 1. The lowest BCUT2D eigenvalue weighted by Gasteiger charge is -2.22. The van der Waals surface area contributed by atoms with Gasteiger partial charge in [0, 0.05) is 5.75 Å². The van der Waals surface area contributed by atoms with E-state index in [4.69, 9.17) is 4.74 Å². The summed E-state index contributed by atoms with van der Waals surface area (Å²) in [6, 6.07) is 18.3. The molecule has 0 aromatic heterocycles. The molecule has 2 aromatic rings. The van der Waals surface area contributed by atoms with Crippen molar-refractivity contribution in [1.29, 1.82) is 0 Å². The molecular weight excluding hydrogens is 382 g/mol. The molecule has 1 saturated heterocycles. The third-order valence-corrected chi connectivity index (χ3v) is 6.40. The maximum absolute atomic E-state index is 12.8. The second-order valence-corrected chi connectivity index (χ2v) is 9.15. The third kappa shape index (κ3) is 5.94. The summed E-state index contributed by atoms with van der Waals surface area (Å²) in [5.41, 5.74) is 3.57. The molecule has 0 radical (unpaired) electrons. The minimum absolute atomic E-state index is 0.0457. The number of hydrogen-bond donors (Lipinski definition) is 1. The fourth-order valence-electron chi connectivity index (χ4n) is 3.41. The minimum atomic E-state index is -0.525. The van der Waals surface area contributed by atoms with Crippen LogP contribution in [0, 0.1) is 5.92 Å². The average molecular weight is 412 g/mol. The zero-order valence-corrected chi connectivity index (χ0v) is 18.1. The minimum Gasteiger partial charge on any atom is -0.368 e. The maximum Gasteiger partial charge on any atom is 0.233 e. The summed E-state index contributed by atoms with van der Waals surface area (Å²) in [5.74, 6) is 1.03. The van der Waals surface area contributed by atoms with Crippen LogP contribution in [-0.2, 0) is 20.1 Å². The number of Topliss-reactive ketones (excluding diaryl/α,β-unsaturated/α-hetero) is 1. The van der Waals surface area contributed by atoms with Crippen molar-refractivity contribution in [3.05, 3.63) is 60.2 Å². The van der Waals surface area contributed by atoms with Gasteiger partial charge in [0.1, 0.15) is 12.6 Å². The van der Waals surface area contributed by atoms with Crippen molar-refractivity contribution in [2.45, 2.75) is 50.3 Å². The molecule has 1 N–H and O–H groups in total. The van der Waals surface area contributed by atoms with Crippen LogP contribution in [0.15, 0.2) is 54.6 Å². The van der Waals surface area contributed by atoms with Gasteiger partial charge in [0.15, 0.2) is 5.78 Å². The molecule has 0 aliphatic carbocycles. The first-order valence-corrected chi connectivity index (χ1v) is 11.2. The molecular formula is C24H29NO3S. The van der Waals surface area contributed by atoms with Gasteiger partial charge in [0.05, 0.1) is 11.4 Å². The number of carbonyl (C=O) groups excluding carboxylic acids is 2. The SMILES string of the molecule is CC(C)CC(SCc1ccc(-c2ccccc2)cc1)C(=O)NC1C(=O)COC1C. The Kier molecular flexibility index (Phi) is 7.51. The predicted octanol–water partition coefficient (Wildman–Crippen LogP) is 4.47. The first-order valence-electron chi connectivity index (χ1n) is 10.1. The van der Waals surface area contributed by atoms with Crippen LogP contribution in [0.2, 0.25) is 0 Å². The van der Waals surface area contributed by atoms with Gasteiger partial charge in [-0.15, -0.1) is 11.8 Å². The Bertz CT molecular complexity index is 820. The quantitative estimate of drug-likeness (QED) is 0.696. The lowest BCUT2D eigenvalue weighted by Crippen LogP contribution is -2.47. The number of thioether (sulfide) groups is 1. The summed E-state index contributed by atoms with van der Waals surface area (Å²) in [4.78, 5) is 24.8. The van der Waals surface area contributed by atoms with E-state index in [1.165, 1.54) is 16.7 Å². The molecule has 1 heterocycles. The fourth-order valence-corrected chi connectivity index (χ4v) is 4.73. The smallest absolute Gasteiger partial charge is 0.233 e. The third-order valence-electron chi connectivity index (χ3n) is 5.09. The van der Waals surface area contributed by atoms with E-state index < -0.39 is 6.04 Å². The van der Waals surface area contributed by atoms with Crippen LogP contribution in [0.5, 0.6) is 0 Å². The van der Waals surface area contributed by atoms with E-state index in [9.17, 15) is 9.59 Å². The average Bonchev–Trinajstić information content (AvgIpc) is 3.04. The lowest BCUT2D eigenvalue weighted by atomic mass is 10.0. The molecule has 29 heavy (non-hydrogen) atoms. The van der Waals surface area contributed by atoms with Crippen molar-refractivity contribution >= 4 is 23.5 Å². The van der Waals surface area contributed by atoms with Gasteiger partial charge < -0.3 is 10.1 Å². The molecule has 1 aliphatic heterocycles. The van der Waals surface area contributed by atoms with Crippen molar-refractivity contribution in [2.75, 3.05) is 6.61 Å². The summed E-state index contributed by atoms with van der Waals surface area (Å²) >= 11 is 1.63. The number of rotatable bonds is 8. The lowest BCUT2D eigenvalue weighted by molar-refractivity contribution is -0.126. The van der Waals surface area contributed by atoms with Crippen LogP contribution in [0.25, 0.3) is 11.1 Å². The Morgan fingerprint density at radius 2 is 1.76 bits per heavy atom. The summed E-state index contributed by atoms with van der Waals surface area (Å²) in [5, 5.41) is 2.73. The van der Waals surface area contributed by atoms with E-state index in [1.54, 1.807) is 11.8 Å². The van der Waals surface area contributed by atoms with Gasteiger partial charge in [-0.3, -0.25) is 9.59 Å². The second kappa shape index (κ2) is 10.1. The van der Waals surface area contributed by atoms with Crippen molar-refractivity contribution in [3.8, 4) is 11.1 Å². The van der Waals surface area contributed by atoms with Crippen LogP contribution in [-0.4, -0.2) is 35.7 Å². The molecule has 0 spiro atoms. The van der Waals surface area contributed by atoms with Gasteiger partial charge in [-0.2, -0.15) is 0 Å². The van der Waals surface area contributed by atoms with Gasteiger partial charge in [-0.1, -0.05) is 68.4 Å². The molecule has 3 unspecified atom stereocenters. The zero-order valence-electron chi connectivity index (χ0n) is 17.3. The van der Waals surface area contributed by atoms with Crippen LogP contribution < -0.4 is 5.32 Å². The molecule has 1 fully saturated rings. The highest BCUT2D eigenvalue weighted by Gasteiger charge is 2.35. The summed E-state index contributed by atoms with van der Waals surface area (Å²) in [6.07, 6.45) is 0.510. The van der Waals surface area contributed by atoms with Gasteiger partial charge in [-0.05, 0) is 36.0 Å². The molecule has 3 atom stereocenters. The summed E-state index contributed by atoms with van der Waals surface area (Å²) in [6.45, 7) is 6.14. The Balaban J connectivity index is 1.61. The fraction of sp³-hybridized carbons (Fsp3) is 0.417. The topological polar surface area (TPSA) is 55.4 Å². The van der Waals surface area contributed by atoms with Gasteiger partial charge in [0.25, 0.3) is 0 Å². The van der Waals surface area contributed by atoms with E-state index in [0.717, 1.165) is 12.2 Å². The second-order valence-electron chi connectivity index (χ2n) is 7.96. The Labute approximate surface area is 177 Å². The first kappa shape index (κ1) is 21.6. The van der Waals surface area contributed by atoms with E-state index in [-0.39, 0.29) is 29.7 Å². The first-order chi connectivity index (χ1) is 13.9. The van der Waals surface area contributed by atoms with Gasteiger partial charge >= 0.3 is 0 Å². The molecule has 0 saturated carbocycles. The van der Waals surface area contributed by atoms with Crippen LogP contribution >= 0.6 is 11.8 Å². The highest BCUT2D eigenvalue weighted by Crippen LogP contribution is 2.26. The highest BCUT2D eigenvalue weighted by atomic mass is 32.2. The van der Waals surface area contributed by atoms with Crippen LogP contribution in [0.4, 0.5) is 0 Å². The molecule has 0 bridgehead atoms. The monoisotopic (exact) mass is 411 g/mol. The van der Waals surface area contributed by atoms with Crippen molar-refractivity contribution in [1.82, 2.24) is 5.32 Å². The van der Waals surface area contributed by atoms with E-state index in [1.807, 2.05) is 25.1 Å². The molecule has 154 valence electrons. The van der Waals surface area contributed by atoms with E-state index >= 15 is 0 Å². The van der Waals surface area contributed by atoms with Crippen LogP contribution in [0.1, 0.15) is 32.8 Å².